The standard InChI is InChI=1S/C10H12F3NO2S/c1-9(2,3)16-8(15)4-7-14-6(5-17-7)10(11,12)13/h5H,4H2,1-3H3. The molecule has 0 aliphatic heterocycles. The average Bonchev–Trinajstić information content (AvgIpc) is 2.47. The molecule has 0 fully saturated rings. The molecule has 1 aromatic rings. The highest BCUT2D eigenvalue weighted by Gasteiger charge is 2.34. The van der Waals surface area contributed by atoms with Crippen LogP contribution >= 0.6 is 11.3 Å². The maximum Gasteiger partial charge on any atom is 0.434 e. The van der Waals surface area contributed by atoms with E-state index in [-0.39, 0.29) is 11.4 Å². The summed E-state index contributed by atoms with van der Waals surface area (Å²) < 4.78 is 41.7. The number of rotatable bonds is 2. The molecule has 0 bridgehead atoms. The molecule has 0 saturated carbocycles. The number of esters is 1. The van der Waals surface area contributed by atoms with Crippen LogP contribution < -0.4 is 0 Å². The molecule has 0 N–H and O–H groups in total. The molecule has 1 aromatic heterocycles. The molecular formula is C10H12F3NO2S. The lowest BCUT2D eigenvalue weighted by Crippen LogP contribution is -2.24. The van der Waals surface area contributed by atoms with Crippen LogP contribution in [0, 0.1) is 0 Å². The number of hydrogen-bond donors (Lipinski definition) is 0. The zero-order valence-corrected chi connectivity index (χ0v) is 10.4. The van der Waals surface area contributed by atoms with E-state index in [9.17, 15) is 18.0 Å². The van der Waals surface area contributed by atoms with Crippen LogP contribution in [0.3, 0.4) is 0 Å². The van der Waals surface area contributed by atoms with Gasteiger partial charge >= 0.3 is 12.1 Å². The minimum Gasteiger partial charge on any atom is -0.460 e. The van der Waals surface area contributed by atoms with Crippen molar-refractivity contribution in [3.05, 3.63) is 16.1 Å². The third kappa shape index (κ3) is 4.72. The van der Waals surface area contributed by atoms with Gasteiger partial charge in [0.15, 0.2) is 5.69 Å². The Kier molecular flexibility index (Phi) is 3.81. The second-order valence-electron chi connectivity index (χ2n) is 4.39. The summed E-state index contributed by atoms with van der Waals surface area (Å²) in [6.07, 6.45) is -4.71. The molecule has 0 amide bonds. The number of thiazole rings is 1. The Morgan fingerprint density at radius 3 is 2.41 bits per heavy atom. The molecule has 0 unspecified atom stereocenters. The van der Waals surface area contributed by atoms with Gasteiger partial charge in [0.2, 0.25) is 0 Å². The first-order valence-corrected chi connectivity index (χ1v) is 5.69. The zero-order valence-electron chi connectivity index (χ0n) is 9.59. The topological polar surface area (TPSA) is 39.2 Å². The maximum atomic E-state index is 12.2. The Hall–Kier alpha value is -1.11. The van der Waals surface area contributed by atoms with Gasteiger partial charge in [-0.05, 0) is 20.8 Å². The van der Waals surface area contributed by atoms with Crippen molar-refractivity contribution in [1.82, 2.24) is 4.98 Å². The molecule has 0 atom stereocenters. The number of ether oxygens (including phenoxy) is 1. The van der Waals surface area contributed by atoms with E-state index >= 15 is 0 Å². The van der Waals surface area contributed by atoms with E-state index in [0.717, 1.165) is 16.7 Å². The number of hydrogen-bond acceptors (Lipinski definition) is 4. The fourth-order valence-electron chi connectivity index (χ4n) is 1.02. The van der Waals surface area contributed by atoms with Crippen LogP contribution in [-0.2, 0) is 22.1 Å². The largest absolute Gasteiger partial charge is 0.460 e. The number of carbonyl (C=O) groups excluding carboxylic acids is 1. The van der Waals surface area contributed by atoms with Crippen molar-refractivity contribution < 1.29 is 22.7 Å². The lowest BCUT2D eigenvalue weighted by Gasteiger charge is -2.18. The number of halogens is 3. The molecule has 7 heteroatoms. The Bertz CT molecular complexity index is 406. The monoisotopic (exact) mass is 267 g/mol. The van der Waals surface area contributed by atoms with Gasteiger partial charge in [0.05, 0.1) is 6.42 Å². The summed E-state index contributed by atoms with van der Waals surface area (Å²) in [6.45, 7) is 5.07. The van der Waals surface area contributed by atoms with Crippen LogP contribution in [0.4, 0.5) is 13.2 Å². The molecule has 1 rings (SSSR count). The van der Waals surface area contributed by atoms with E-state index < -0.39 is 23.4 Å². The first kappa shape index (κ1) is 14.0. The van der Waals surface area contributed by atoms with Crippen molar-refractivity contribution in [3.63, 3.8) is 0 Å². The normalized spacial score (nSPS) is 12.6. The van der Waals surface area contributed by atoms with Gasteiger partial charge in [-0.25, -0.2) is 4.98 Å². The van der Waals surface area contributed by atoms with E-state index in [1.807, 2.05) is 0 Å². The summed E-state index contributed by atoms with van der Waals surface area (Å²) in [4.78, 5) is 14.7. The third-order valence-corrected chi connectivity index (χ3v) is 2.41. The highest BCUT2D eigenvalue weighted by molar-refractivity contribution is 7.09. The van der Waals surface area contributed by atoms with Crippen molar-refractivity contribution in [3.8, 4) is 0 Å². The Labute approximate surface area is 101 Å². The fraction of sp³-hybridized carbons (Fsp3) is 0.600. The Morgan fingerprint density at radius 1 is 1.41 bits per heavy atom. The molecule has 3 nitrogen and oxygen atoms in total. The zero-order chi connectivity index (χ0) is 13.3. The number of carbonyl (C=O) groups is 1. The summed E-state index contributed by atoms with van der Waals surface area (Å²) in [6, 6.07) is 0. The molecule has 0 radical (unpaired) electrons. The van der Waals surface area contributed by atoms with E-state index in [0.29, 0.717) is 0 Å². The predicted molar refractivity (Wildman–Crippen MR) is 56.7 cm³/mol. The van der Waals surface area contributed by atoms with Gasteiger partial charge in [0.1, 0.15) is 10.6 Å². The van der Waals surface area contributed by atoms with Crippen LogP contribution in [0.1, 0.15) is 31.5 Å². The van der Waals surface area contributed by atoms with E-state index in [1.54, 1.807) is 20.8 Å². The quantitative estimate of drug-likeness (QED) is 0.773. The second kappa shape index (κ2) is 4.64. The molecule has 0 aliphatic carbocycles. The van der Waals surface area contributed by atoms with Crippen molar-refractivity contribution in [1.29, 1.82) is 0 Å². The number of aromatic nitrogens is 1. The van der Waals surface area contributed by atoms with E-state index in [2.05, 4.69) is 4.98 Å². The van der Waals surface area contributed by atoms with Gasteiger partial charge in [-0.3, -0.25) is 4.79 Å². The summed E-state index contributed by atoms with van der Waals surface area (Å²) >= 11 is 0.799. The van der Waals surface area contributed by atoms with Gasteiger partial charge in [0, 0.05) is 5.38 Å². The minimum atomic E-state index is -4.47. The van der Waals surface area contributed by atoms with Gasteiger partial charge < -0.3 is 4.74 Å². The lowest BCUT2D eigenvalue weighted by molar-refractivity contribution is -0.154. The van der Waals surface area contributed by atoms with Gasteiger partial charge in [-0.15, -0.1) is 11.3 Å². The third-order valence-electron chi connectivity index (χ3n) is 1.56. The molecule has 0 saturated heterocycles. The molecule has 0 aliphatic rings. The Balaban J connectivity index is 2.65. The second-order valence-corrected chi connectivity index (χ2v) is 5.33. The molecular weight excluding hydrogens is 255 g/mol. The SMILES string of the molecule is CC(C)(C)OC(=O)Cc1nc(C(F)(F)F)cs1. The molecule has 17 heavy (non-hydrogen) atoms. The number of alkyl halides is 3. The molecule has 1 heterocycles. The first-order chi connectivity index (χ1) is 7.58. The highest BCUT2D eigenvalue weighted by Crippen LogP contribution is 2.30. The van der Waals surface area contributed by atoms with Crippen molar-refractivity contribution in [2.75, 3.05) is 0 Å². The summed E-state index contributed by atoms with van der Waals surface area (Å²) in [7, 11) is 0. The average molecular weight is 267 g/mol. The highest BCUT2D eigenvalue weighted by atomic mass is 32.1. The van der Waals surface area contributed by atoms with Crippen LogP contribution in [0.15, 0.2) is 5.38 Å². The van der Waals surface area contributed by atoms with Crippen LogP contribution in [0.2, 0.25) is 0 Å². The summed E-state index contributed by atoms with van der Waals surface area (Å²) in [5.74, 6) is -0.583. The van der Waals surface area contributed by atoms with Crippen LogP contribution in [0.5, 0.6) is 0 Å². The molecule has 96 valence electrons. The number of nitrogens with zero attached hydrogens (tertiary/aromatic N) is 1. The Morgan fingerprint density at radius 2 is 2.00 bits per heavy atom. The predicted octanol–water partition coefficient (Wildman–Crippen LogP) is 3.05. The van der Waals surface area contributed by atoms with Crippen molar-refractivity contribution in [2.45, 2.75) is 39.0 Å². The van der Waals surface area contributed by atoms with Crippen molar-refractivity contribution >= 4 is 17.3 Å². The minimum absolute atomic E-state index is 0.103. The van der Waals surface area contributed by atoms with E-state index in [1.165, 1.54) is 0 Å². The molecule has 0 spiro atoms. The van der Waals surface area contributed by atoms with Crippen LogP contribution in [-0.4, -0.2) is 16.6 Å². The van der Waals surface area contributed by atoms with Crippen LogP contribution in [0.25, 0.3) is 0 Å². The van der Waals surface area contributed by atoms with E-state index in [4.69, 9.17) is 4.74 Å². The summed E-state index contributed by atoms with van der Waals surface area (Å²) in [5, 5.41) is 0.992. The fourth-order valence-corrected chi connectivity index (χ4v) is 1.81. The van der Waals surface area contributed by atoms with Gasteiger partial charge in [0.25, 0.3) is 0 Å². The summed E-state index contributed by atoms with van der Waals surface area (Å²) in [5.41, 5.74) is -1.62. The van der Waals surface area contributed by atoms with Crippen molar-refractivity contribution in [2.24, 2.45) is 0 Å². The molecule has 0 aromatic carbocycles. The smallest absolute Gasteiger partial charge is 0.434 e. The lowest BCUT2D eigenvalue weighted by atomic mass is 10.2. The maximum absolute atomic E-state index is 12.2. The first-order valence-electron chi connectivity index (χ1n) is 4.81. The van der Waals surface area contributed by atoms with Gasteiger partial charge in [-0.1, -0.05) is 0 Å². The van der Waals surface area contributed by atoms with Gasteiger partial charge in [-0.2, -0.15) is 13.2 Å².